The van der Waals surface area contributed by atoms with Crippen LogP contribution < -0.4 is 5.73 Å². The predicted octanol–water partition coefficient (Wildman–Crippen LogP) is 2.87. The van der Waals surface area contributed by atoms with Crippen molar-refractivity contribution in [2.24, 2.45) is 16.6 Å². The molecule has 1 saturated heterocycles. The molecule has 1 aliphatic rings. The summed E-state index contributed by atoms with van der Waals surface area (Å²) in [6.45, 7) is 15.0. The summed E-state index contributed by atoms with van der Waals surface area (Å²) >= 11 is 0. The van der Waals surface area contributed by atoms with Crippen molar-refractivity contribution in [2.75, 3.05) is 19.6 Å². The van der Waals surface area contributed by atoms with Crippen LogP contribution >= 0.6 is 0 Å². The molecule has 0 amide bonds. The highest BCUT2D eigenvalue weighted by atomic mass is 15.1. The van der Waals surface area contributed by atoms with Crippen LogP contribution in [0.25, 0.3) is 0 Å². The summed E-state index contributed by atoms with van der Waals surface area (Å²) in [6.07, 6.45) is 3.99. The van der Waals surface area contributed by atoms with Crippen LogP contribution in [0.5, 0.6) is 0 Å². The van der Waals surface area contributed by atoms with Crippen LogP contribution in [0.2, 0.25) is 0 Å². The van der Waals surface area contributed by atoms with Crippen LogP contribution in [-0.2, 0) is 0 Å². The van der Waals surface area contributed by atoms with E-state index in [4.69, 9.17) is 5.73 Å². The second-order valence-electron chi connectivity index (χ2n) is 7.29. The molecular formula is C14H30N2. The van der Waals surface area contributed by atoms with Gasteiger partial charge in [-0.05, 0) is 43.2 Å². The van der Waals surface area contributed by atoms with Crippen molar-refractivity contribution < 1.29 is 0 Å². The molecular weight excluding hydrogens is 196 g/mol. The molecule has 2 nitrogen and oxygen atoms in total. The van der Waals surface area contributed by atoms with Gasteiger partial charge in [-0.15, -0.1) is 0 Å². The molecule has 1 rings (SSSR count). The number of likely N-dealkylation sites (tertiary alicyclic amines) is 1. The largest absolute Gasteiger partial charge is 0.326 e. The summed E-state index contributed by atoms with van der Waals surface area (Å²) in [6, 6.07) is 0.286. The molecule has 0 aromatic heterocycles. The summed E-state index contributed by atoms with van der Waals surface area (Å²) in [4.78, 5) is 2.56. The first-order valence-electron chi connectivity index (χ1n) is 6.69. The highest BCUT2D eigenvalue weighted by Gasteiger charge is 2.27. The van der Waals surface area contributed by atoms with E-state index in [-0.39, 0.29) is 11.5 Å². The van der Waals surface area contributed by atoms with Crippen molar-refractivity contribution in [1.82, 2.24) is 4.90 Å². The lowest BCUT2D eigenvalue weighted by Crippen LogP contribution is -2.45. The molecule has 2 N–H and O–H groups in total. The Balaban J connectivity index is 2.44. The van der Waals surface area contributed by atoms with E-state index in [1.807, 2.05) is 0 Å². The van der Waals surface area contributed by atoms with Gasteiger partial charge in [-0.25, -0.2) is 0 Å². The molecule has 0 saturated carbocycles. The van der Waals surface area contributed by atoms with Crippen LogP contribution in [0.3, 0.4) is 0 Å². The van der Waals surface area contributed by atoms with Gasteiger partial charge in [0.15, 0.2) is 0 Å². The molecule has 0 radical (unpaired) electrons. The monoisotopic (exact) mass is 226 g/mol. The van der Waals surface area contributed by atoms with Gasteiger partial charge in [0, 0.05) is 12.6 Å². The van der Waals surface area contributed by atoms with Crippen LogP contribution in [-0.4, -0.2) is 30.6 Å². The highest BCUT2D eigenvalue weighted by Crippen LogP contribution is 2.30. The standard InChI is InChI=1S/C14H30N2/c1-13(2,3)12(15)11-16-9-6-7-14(4,5)8-10-16/h12H,6-11,15H2,1-5H3. The lowest BCUT2D eigenvalue weighted by Gasteiger charge is -2.32. The summed E-state index contributed by atoms with van der Waals surface area (Å²) in [5.74, 6) is 0. The van der Waals surface area contributed by atoms with E-state index >= 15 is 0 Å². The van der Waals surface area contributed by atoms with E-state index in [0.717, 1.165) is 6.54 Å². The maximum Gasteiger partial charge on any atom is 0.0217 e. The highest BCUT2D eigenvalue weighted by molar-refractivity contribution is 4.83. The average Bonchev–Trinajstić information content (AvgIpc) is 2.26. The summed E-state index contributed by atoms with van der Waals surface area (Å²) in [5, 5.41) is 0. The van der Waals surface area contributed by atoms with Crippen molar-refractivity contribution in [3.63, 3.8) is 0 Å². The molecule has 2 heteroatoms. The minimum atomic E-state index is 0.224. The lowest BCUT2D eigenvalue weighted by atomic mass is 9.85. The molecule has 96 valence electrons. The Morgan fingerprint density at radius 2 is 1.81 bits per heavy atom. The van der Waals surface area contributed by atoms with Gasteiger partial charge in [0.25, 0.3) is 0 Å². The van der Waals surface area contributed by atoms with E-state index in [1.165, 1.54) is 32.4 Å². The van der Waals surface area contributed by atoms with Crippen LogP contribution in [0, 0.1) is 10.8 Å². The minimum Gasteiger partial charge on any atom is -0.326 e. The maximum absolute atomic E-state index is 6.26. The third-order valence-electron chi connectivity index (χ3n) is 4.00. The molecule has 1 fully saturated rings. The average molecular weight is 226 g/mol. The Bertz CT molecular complexity index is 215. The lowest BCUT2D eigenvalue weighted by molar-refractivity contribution is 0.197. The van der Waals surface area contributed by atoms with Gasteiger partial charge in [-0.3, -0.25) is 0 Å². The van der Waals surface area contributed by atoms with Crippen LogP contribution in [0.1, 0.15) is 53.9 Å². The quantitative estimate of drug-likeness (QED) is 0.784. The molecule has 0 aromatic rings. The Labute approximate surface area is 102 Å². The Morgan fingerprint density at radius 3 is 2.38 bits per heavy atom. The van der Waals surface area contributed by atoms with E-state index in [9.17, 15) is 0 Å². The first kappa shape index (κ1) is 14.0. The molecule has 1 heterocycles. The summed E-state index contributed by atoms with van der Waals surface area (Å²) in [7, 11) is 0. The fraction of sp³-hybridized carbons (Fsp3) is 1.00. The Kier molecular flexibility index (Phi) is 4.42. The van der Waals surface area contributed by atoms with Gasteiger partial charge in [0.05, 0.1) is 0 Å². The summed E-state index contributed by atoms with van der Waals surface area (Å²) < 4.78 is 0. The molecule has 1 unspecified atom stereocenters. The number of rotatable bonds is 2. The van der Waals surface area contributed by atoms with E-state index in [1.54, 1.807) is 0 Å². The number of nitrogens with zero attached hydrogens (tertiary/aromatic N) is 1. The summed E-state index contributed by atoms with van der Waals surface area (Å²) in [5.41, 5.74) is 7.01. The number of hydrogen-bond donors (Lipinski definition) is 1. The molecule has 1 atom stereocenters. The van der Waals surface area contributed by atoms with Crippen molar-refractivity contribution in [3.05, 3.63) is 0 Å². The topological polar surface area (TPSA) is 29.3 Å². The molecule has 0 aliphatic carbocycles. The van der Waals surface area contributed by atoms with E-state index < -0.39 is 0 Å². The second kappa shape index (κ2) is 5.05. The SMILES string of the molecule is CC1(C)CCCN(CC(N)C(C)(C)C)CC1. The molecule has 1 aliphatic heterocycles. The van der Waals surface area contributed by atoms with Crippen molar-refractivity contribution in [2.45, 2.75) is 59.9 Å². The van der Waals surface area contributed by atoms with Gasteiger partial charge in [-0.1, -0.05) is 34.6 Å². The van der Waals surface area contributed by atoms with Gasteiger partial charge in [0.1, 0.15) is 0 Å². The van der Waals surface area contributed by atoms with Gasteiger partial charge >= 0.3 is 0 Å². The fourth-order valence-electron chi connectivity index (χ4n) is 2.21. The second-order valence-corrected chi connectivity index (χ2v) is 7.29. The van der Waals surface area contributed by atoms with Crippen LogP contribution in [0.4, 0.5) is 0 Å². The van der Waals surface area contributed by atoms with Crippen molar-refractivity contribution in [1.29, 1.82) is 0 Å². The van der Waals surface area contributed by atoms with Crippen LogP contribution in [0.15, 0.2) is 0 Å². The van der Waals surface area contributed by atoms with E-state index in [2.05, 4.69) is 39.5 Å². The number of nitrogens with two attached hydrogens (primary N) is 1. The smallest absolute Gasteiger partial charge is 0.0217 e. The molecule has 0 bridgehead atoms. The first-order chi connectivity index (χ1) is 7.21. The normalized spacial score (nSPS) is 25.1. The fourth-order valence-corrected chi connectivity index (χ4v) is 2.21. The third kappa shape index (κ3) is 4.42. The molecule has 0 spiro atoms. The van der Waals surface area contributed by atoms with E-state index in [0.29, 0.717) is 5.41 Å². The van der Waals surface area contributed by atoms with Gasteiger partial charge < -0.3 is 10.6 Å². The zero-order chi connectivity index (χ0) is 12.4. The first-order valence-corrected chi connectivity index (χ1v) is 6.69. The zero-order valence-corrected chi connectivity index (χ0v) is 11.8. The van der Waals surface area contributed by atoms with Crippen molar-refractivity contribution >= 4 is 0 Å². The third-order valence-corrected chi connectivity index (χ3v) is 4.00. The van der Waals surface area contributed by atoms with Gasteiger partial charge in [0.2, 0.25) is 0 Å². The molecule has 0 aromatic carbocycles. The van der Waals surface area contributed by atoms with Gasteiger partial charge in [-0.2, -0.15) is 0 Å². The number of hydrogen-bond acceptors (Lipinski definition) is 2. The van der Waals surface area contributed by atoms with Crippen molar-refractivity contribution in [3.8, 4) is 0 Å². The Morgan fingerprint density at radius 1 is 1.19 bits per heavy atom. The minimum absolute atomic E-state index is 0.224. The predicted molar refractivity (Wildman–Crippen MR) is 71.5 cm³/mol. The Hall–Kier alpha value is -0.0800. The maximum atomic E-state index is 6.26. The molecule has 16 heavy (non-hydrogen) atoms. The zero-order valence-electron chi connectivity index (χ0n) is 11.8.